The fourth-order valence-electron chi connectivity index (χ4n) is 5.77. The van der Waals surface area contributed by atoms with E-state index in [0.717, 1.165) is 22.3 Å². The zero-order chi connectivity index (χ0) is 28.1. The first-order valence-electron chi connectivity index (χ1n) is 13.7. The SMILES string of the molecule is Nc1cccc(CN2C(Cc3ccccc3)C(O)C(O)C(Cc3ccccc3)N(Cc3cccc(N)c3)C2O)c1. The smallest absolute Gasteiger partial charge is 0.166 e. The minimum absolute atomic E-state index is 0.332. The maximum atomic E-state index is 12.2. The van der Waals surface area contributed by atoms with Crippen LogP contribution in [0.5, 0.6) is 0 Å². The van der Waals surface area contributed by atoms with Crippen LogP contribution in [0.3, 0.4) is 0 Å². The molecular weight excluding hydrogens is 500 g/mol. The molecule has 4 aromatic rings. The highest BCUT2D eigenvalue weighted by Gasteiger charge is 2.46. The monoisotopic (exact) mass is 538 g/mol. The summed E-state index contributed by atoms with van der Waals surface area (Å²) in [5.41, 5.74) is 17.3. The van der Waals surface area contributed by atoms with Gasteiger partial charge in [-0.1, -0.05) is 84.9 Å². The van der Waals surface area contributed by atoms with Crippen molar-refractivity contribution in [1.82, 2.24) is 9.80 Å². The molecule has 0 spiro atoms. The molecule has 1 fully saturated rings. The molecule has 7 heteroatoms. The van der Waals surface area contributed by atoms with Crippen molar-refractivity contribution in [1.29, 1.82) is 0 Å². The van der Waals surface area contributed by atoms with E-state index in [9.17, 15) is 15.3 Å². The first-order valence-corrected chi connectivity index (χ1v) is 13.7. The van der Waals surface area contributed by atoms with E-state index in [1.165, 1.54) is 0 Å². The van der Waals surface area contributed by atoms with Crippen molar-refractivity contribution in [2.24, 2.45) is 0 Å². The summed E-state index contributed by atoms with van der Waals surface area (Å²) < 4.78 is 0. The quantitative estimate of drug-likeness (QED) is 0.218. The van der Waals surface area contributed by atoms with Gasteiger partial charge in [-0.15, -0.1) is 0 Å². The fourth-order valence-corrected chi connectivity index (χ4v) is 5.77. The second-order valence-corrected chi connectivity index (χ2v) is 10.7. The number of aliphatic hydroxyl groups is 3. The fraction of sp³-hybridized carbons (Fsp3) is 0.273. The van der Waals surface area contributed by atoms with Crippen LogP contribution in [0.2, 0.25) is 0 Å². The molecule has 40 heavy (non-hydrogen) atoms. The molecule has 1 heterocycles. The molecule has 1 aliphatic heterocycles. The molecule has 4 aromatic carbocycles. The van der Waals surface area contributed by atoms with Crippen molar-refractivity contribution >= 4 is 11.4 Å². The highest BCUT2D eigenvalue weighted by molar-refractivity contribution is 5.41. The van der Waals surface area contributed by atoms with E-state index in [1.807, 2.05) is 119 Å². The van der Waals surface area contributed by atoms with Gasteiger partial charge in [-0.25, -0.2) is 0 Å². The minimum atomic E-state index is -1.13. The number of anilines is 2. The zero-order valence-corrected chi connectivity index (χ0v) is 22.5. The number of benzene rings is 4. The number of aliphatic hydroxyl groups excluding tert-OH is 3. The van der Waals surface area contributed by atoms with Crippen molar-refractivity contribution < 1.29 is 15.3 Å². The molecule has 0 saturated carbocycles. The molecule has 4 atom stereocenters. The number of nitrogens with two attached hydrogens (primary N) is 2. The molecule has 7 nitrogen and oxygen atoms in total. The molecule has 7 N–H and O–H groups in total. The summed E-state index contributed by atoms with van der Waals surface area (Å²) in [5, 5.41) is 35.8. The van der Waals surface area contributed by atoms with Crippen molar-refractivity contribution in [2.45, 2.75) is 56.6 Å². The van der Waals surface area contributed by atoms with E-state index in [2.05, 4.69) is 0 Å². The Bertz CT molecular complexity index is 1270. The lowest BCUT2D eigenvalue weighted by atomic mass is 9.91. The Morgan fingerprint density at radius 2 is 0.875 bits per heavy atom. The molecule has 0 radical (unpaired) electrons. The van der Waals surface area contributed by atoms with Crippen LogP contribution < -0.4 is 11.5 Å². The third-order valence-electron chi connectivity index (χ3n) is 7.79. The van der Waals surface area contributed by atoms with Gasteiger partial charge in [0.25, 0.3) is 0 Å². The van der Waals surface area contributed by atoms with Crippen molar-refractivity contribution in [3.63, 3.8) is 0 Å². The summed E-state index contributed by atoms with van der Waals surface area (Å²) in [5.74, 6) is 0. The van der Waals surface area contributed by atoms with Crippen LogP contribution in [-0.2, 0) is 25.9 Å². The van der Waals surface area contributed by atoms with E-state index in [4.69, 9.17) is 11.5 Å². The van der Waals surface area contributed by atoms with Crippen LogP contribution in [-0.4, -0.2) is 55.8 Å². The maximum Gasteiger partial charge on any atom is 0.166 e. The summed E-state index contributed by atoms with van der Waals surface area (Å²) >= 11 is 0. The lowest BCUT2D eigenvalue weighted by molar-refractivity contribution is -0.147. The maximum absolute atomic E-state index is 12.2. The van der Waals surface area contributed by atoms with E-state index < -0.39 is 30.6 Å². The standard InChI is InChI=1S/C33H38N4O3/c34-27-15-7-13-25(17-27)21-36-29(19-23-9-3-1-4-10-23)31(38)32(39)30(20-24-11-5-2-6-12-24)37(33(36)40)22-26-14-8-16-28(35)18-26/h1-18,29-33,38-40H,19-22,34-35H2. The van der Waals surface area contributed by atoms with Crippen LogP contribution >= 0.6 is 0 Å². The highest BCUT2D eigenvalue weighted by atomic mass is 16.3. The van der Waals surface area contributed by atoms with E-state index in [0.29, 0.717) is 37.3 Å². The minimum Gasteiger partial charge on any atom is -0.399 e. The van der Waals surface area contributed by atoms with Gasteiger partial charge in [-0.3, -0.25) is 9.80 Å². The van der Waals surface area contributed by atoms with Gasteiger partial charge in [0, 0.05) is 36.5 Å². The number of rotatable bonds is 8. The van der Waals surface area contributed by atoms with Crippen molar-refractivity contribution in [3.05, 3.63) is 131 Å². The highest BCUT2D eigenvalue weighted by Crippen LogP contribution is 2.31. The summed E-state index contributed by atoms with van der Waals surface area (Å²) in [6.45, 7) is 0.665. The van der Waals surface area contributed by atoms with Gasteiger partial charge < -0.3 is 26.8 Å². The molecule has 0 aliphatic carbocycles. The van der Waals surface area contributed by atoms with Crippen LogP contribution in [0.25, 0.3) is 0 Å². The summed E-state index contributed by atoms with van der Waals surface area (Å²) in [7, 11) is 0. The van der Waals surface area contributed by atoms with Gasteiger partial charge in [-0.2, -0.15) is 0 Å². The van der Waals surface area contributed by atoms with Crippen LogP contribution in [0.1, 0.15) is 22.3 Å². The third kappa shape index (κ3) is 6.53. The van der Waals surface area contributed by atoms with Crippen LogP contribution in [0.4, 0.5) is 11.4 Å². The predicted octanol–water partition coefficient (Wildman–Crippen LogP) is 3.39. The largest absolute Gasteiger partial charge is 0.399 e. The Balaban J connectivity index is 1.58. The van der Waals surface area contributed by atoms with Gasteiger partial charge in [0.1, 0.15) is 0 Å². The molecule has 4 unspecified atom stereocenters. The van der Waals surface area contributed by atoms with E-state index >= 15 is 0 Å². The number of nitrogen functional groups attached to an aromatic ring is 2. The lowest BCUT2D eigenvalue weighted by Crippen LogP contribution is -2.54. The number of nitrogens with zero attached hydrogens (tertiary/aromatic N) is 2. The van der Waals surface area contributed by atoms with E-state index in [1.54, 1.807) is 0 Å². The topological polar surface area (TPSA) is 119 Å². The first kappa shape index (κ1) is 27.8. The molecule has 1 aliphatic rings. The first-order chi connectivity index (χ1) is 19.4. The number of hydrogen-bond donors (Lipinski definition) is 5. The Kier molecular flexibility index (Phi) is 8.79. The Hall–Kier alpha value is -3.72. The van der Waals surface area contributed by atoms with Gasteiger partial charge in [0.2, 0.25) is 0 Å². The average Bonchev–Trinajstić information content (AvgIpc) is 3.02. The predicted molar refractivity (Wildman–Crippen MR) is 159 cm³/mol. The normalized spacial score (nSPS) is 24.0. The summed E-state index contributed by atoms with van der Waals surface area (Å²) in [6, 6.07) is 33.7. The van der Waals surface area contributed by atoms with Gasteiger partial charge in [0.15, 0.2) is 6.35 Å². The molecule has 0 aromatic heterocycles. The number of hydrogen-bond acceptors (Lipinski definition) is 7. The zero-order valence-electron chi connectivity index (χ0n) is 22.5. The molecule has 5 rings (SSSR count). The second kappa shape index (κ2) is 12.6. The summed E-state index contributed by atoms with van der Waals surface area (Å²) in [4.78, 5) is 3.76. The van der Waals surface area contributed by atoms with Crippen molar-refractivity contribution in [2.75, 3.05) is 11.5 Å². The van der Waals surface area contributed by atoms with Gasteiger partial charge in [0.05, 0.1) is 12.2 Å². The van der Waals surface area contributed by atoms with Gasteiger partial charge >= 0.3 is 0 Å². The second-order valence-electron chi connectivity index (χ2n) is 10.7. The average molecular weight is 539 g/mol. The Morgan fingerprint density at radius 3 is 1.25 bits per heavy atom. The van der Waals surface area contributed by atoms with Crippen LogP contribution in [0.15, 0.2) is 109 Å². The third-order valence-corrected chi connectivity index (χ3v) is 7.79. The van der Waals surface area contributed by atoms with Crippen molar-refractivity contribution in [3.8, 4) is 0 Å². The molecule has 1 saturated heterocycles. The molecule has 0 amide bonds. The Morgan fingerprint density at radius 1 is 0.500 bits per heavy atom. The van der Waals surface area contributed by atoms with E-state index in [-0.39, 0.29) is 0 Å². The summed E-state index contributed by atoms with van der Waals surface area (Å²) in [6.07, 6.45) is -2.48. The Labute approximate surface area is 235 Å². The molecular formula is C33H38N4O3. The lowest BCUT2D eigenvalue weighted by Gasteiger charge is -2.40. The van der Waals surface area contributed by atoms with Gasteiger partial charge in [-0.05, 0) is 59.4 Å². The molecule has 208 valence electrons. The van der Waals surface area contributed by atoms with Crippen LogP contribution in [0, 0.1) is 0 Å². The molecule has 0 bridgehead atoms.